The summed E-state index contributed by atoms with van der Waals surface area (Å²) in [6, 6.07) is 8.71. The van der Waals surface area contributed by atoms with Crippen molar-refractivity contribution in [2.24, 2.45) is 11.5 Å². The van der Waals surface area contributed by atoms with Crippen LogP contribution in [0.1, 0.15) is 13.8 Å². The largest absolute Gasteiger partial charge is 0.508 e. The van der Waals surface area contributed by atoms with E-state index in [1.54, 1.807) is 38.1 Å². The van der Waals surface area contributed by atoms with Crippen LogP contribution in [0.15, 0.2) is 30.3 Å². The lowest BCUT2D eigenvalue weighted by Gasteiger charge is -1.89. The van der Waals surface area contributed by atoms with Gasteiger partial charge >= 0.3 is 12.2 Å². The summed E-state index contributed by atoms with van der Waals surface area (Å²) in [4.78, 5) is 19.2. The van der Waals surface area contributed by atoms with Crippen molar-refractivity contribution < 1.29 is 24.2 Å². The molecule has 8 heteroatoms. The molecule has 0 radical (unpaired) electrons. The van der Waals surface area contributed by atoms with Gasteiger partial charge in [-0.1, -0.05) is 18.2 Å². The Hall–Kier alpha value is -2.09. The van der Waals surface area contributed by atoms with Crippen LogP contribution in [-0.2, 0) is 9.47 Å². The number of primary amides is 2. The third-order valence-electron chi connectivity index (χ3n) is 1.33. The third-order valence-corrected chi connectivity index (χ3v) is 1.33. The van der Waals surface area contributed by atoms with Gasteiger partial charge in [-0.25, -0.2) is 9.59 Å². The number of carbonyl (C=O) groups is 2. The molecule has 0 unspecified atom stereocenters. The smallest absolute Gasteiger partial charge is 0.404 e. The van der Waals surface area contributed by atoms with Crippen molar-refractivity contribution in [2.75, 3.05) is 13.2 Å². The Morgan fingerprint density at radius 2 is 1.35 bits per heavy atom. The van der Waals surface area contributed by atoms with Gasteiger partial charge in [0.25, 0.3) is 0 Å². The molecular weight excluding hydrogens is 284 g/mol. The Bertz CT molecular complexity index is 333. The number of amides is 2. The Kier molecular flexibility index (Phi) is 19.5. The van der Waals surface area contributed by atoms with E-state index >= 15 is 0 Å². The van der Waals surface area contributed by atoms with Crippen LogP contribution in [0.5, 0.6) is 5.75 Å². The van der Waals surface area contributed by atoms with E-state index in [9.17, 15) is 9.59 Å². The van der Waals surface area contributed by atoms with Gasteiger partial charge in [-0.05, 0) is 26.0 Å². The van der Waals surface area contributed by atoms with Crippen molar-refractivity contribution in [1.29, 1.82) is 0 Å². The third kappa shape index (κ3) is 24.9. The molecule has 0 aromatic heterocycles. The van der Waals surface area contributed by atoms with E-state index in [4.69, 9.17) is 5.11 Å². The van der Waals surface area contributed by atoms with Gasteiger partial charge in [0.1, 0.15) is 5.75 Å². The summed E-state index contributed by atoms with van der Waals surface area (Å²) in [5, 5.41) is 8.63. The standard InChI is InChI=1S/C6H6O.2C3H7NO2.H2S/c7-6-4-2-1-3-5-6;2*1-2-6-3(4)5;/h1-5,7H;2*2H2,1H3,(H2,4,5);1H2. The number of phenolic OH excluding ortho intramolecular Hbond substituents is 1. The Morgan fingerprint density at radius 3 is 1.45 bits per heavy atom. The second kappa shape index (κ2) is 16.9. The maximum Gasteiger partial charge on any atom is 0.404 e. The van der Waals surface area contributed by atoms with Gasteiger partial charge in [-0.15, -0.1) is 0 Å². The summed E-state index contributed by atoms with van der Waals surface area (Å²) in [5.74, 6) is 0.322. The number of para-hydroxylation sites is 1. The molecule has 20 heavy (non-hydrogen) atoms. The molecule has 1 aromatic rings. The first kappa shape index (κ1) is 23.0. The van der Waals surface area contributed by atoms with Crippen LogP contribution >= 0.6 is 13.5 Å². The lowest BCUT2D eigenvalue weighted by molar-refractivity contribution is 0.162. The van der Waals surface area contributed by atoms with Crippen molar-refractivity contribution in [1.82, 2.24) is 0 Å². The Morgan fingerprint density at radius 1 is 1.00 bits per heavy atom. The van der Waals surface area contributed by atoms with Gasteiger partial charge in [-0.3, -0.25) is 0 Å². The van der Waals surface area contributed by atoms with E-state index in [1.807, 2.05) is 6.07 Å². The molecule has 0 aliphatic carbocycles. The van der Waals surface area contributed by atoms with E-state index in [1.165, 1.54) is 0 Å². The fourth-order valence-electron chi connectivity index (χ4n) is 0.713. The van der Waals surface area contributed by atoms with Crippen molar-refractivity contribution in [2.45, 2.75) is 13.8 Å². The number of benzene rings is 1. The van der Waals surface area contributed by atoms with Crippen LogP contribution in [0.25, 0.3) is 0 Å². The fourth-order valence-corrected chi connectivity index (χ4v) is 0.713. The van der Waals surface area contributed by atoms with Crippen molar-refractivity contribution in [3.8, 4) is 5.75 Å². The maximum absolute atomic E-state index is 9.60. The maximum atomic E-state index is 9.60. The topological polar surface area (TPSA) is 125 Å². The van der Waals surface area contributed by atoms with Crippen LogP contribution in [0, 0.1) is 0 Å². The minimum absolute atomic E-state index is 0. The molecule has 1 rings (SSSR count). The zero-order chi connectivity index (χ0) is 15.1. The predicted molar refractivity (Wildman–Crippen MR) is 80.9 cm³/mol. The molecular formula is C12H22N2O5S. The quantitative estimate of drug-likeness (QED) is 0.767. The molecule has 0 saturated heterocycles. The number of rotatable bonds is 2. The first-order valence-electron chi connectivity index (χ1n) is 5.52. The van der Waals surface area contributed by atoms with Gasteiger partial charge in [-0.2, -0.15) is 13.5 Å². The number of hydrogen-bond donors (Lipinski definition) is 3. The monoisotopic (exact) mass is 306 g/mol. The second-order valence-corrected chi connectivity index (χ2v) is 2.84. The molecule has 0 atom stereocenters. The van der Waals surface area contributed by atoms with Gasteiger partial charge in [0.05, 0.1) is 13.2 Å². The van der Waals surface area contributed by atoms with Crippen LogP contribution < -0.4 is 11.5 Å². The average molecular weight is 306 g/mol. The molecule has 2 amide bonds. The number of ether oxygens (including phenoxy) is 2. The van der Waals surface area contributed by atoms with Crippen molar-refractivity contribution >= 4 is 25.7 Å². The van der Waals surface area contributed by atoms with E-state index in [-0.39, 0.29) is 13.5 Å². The van der Waals surface area contributed by atoms with Gasteiger partial charge in [0.2, 0.25) is 0 Å². The van der Waals surface area contributed by atoms with Crippen LogP contribution in [0.4, 0.5) is 9.59 Å². The van der Waals surface area contributed by atoms with E-state index in [2.05, 4.69) is 20.9 Å². The van der Waals surface area contributed by atoms with Crippen molar-refractivity contribution in [3.63, 3.8) is 0 Å². The molecule has 7 nitrogen and oxygen atoms in total. The highest BCUT2D eigenvalue weighted by molar-refractivity contribution is 7.59. The van der Waals surface area contributed by atoms with Crippen LogP contribution in [0.2, 0.25) is 0 Å². The van der Waals surface area contributed by atoms with Gasteiger partial charge in [0.15, 0.2) is 0 Å². The van der Waals surface area contributed by atoms with Crippen molar-refractivity contribution in [3.05, 3.63) is 30.3 Å². The highest BCUT2D eigenvalue weighted by Crippen LogP contribution is 2.02. The zero-order valence-electron chi connectivity index (χ0n) is 11.5. The molecule has 0 bridgehead atoms. The minimum Gasteiger partial charge on any atom is -0.508 e. The molecule has 0 spiro atoms. The Labute approximate surface area is 125 Å². The molecule has 0 aliphatic rings. The summed E-state index contributed by atoms with van der Waals surface area (Å²) in [6.07, 6.45) is -1.42. The van der Waals surface area contributed by atoms with Crippen LogP contribution in [0.3, 0.4) is 0 Å². The summed E-state index contributed by atoms with van der Waals surface area (Å²) >= 11 is 0. The SMILES string of the molecule is CCOC(N)=O.CCOC(N)=O.Oc1ccccc1.S. The Balaban J connectivity index is -0.000000213. The molecule has 0 saturated carbocycles. The highest BCUT2D eigenvalue weighted by atomic mass is 32.1. The van der Waals surface area contributed by atoms with Gasteiger partial charge < -0.3 is 26.0 Å². The first-order chi connectivity index (χ1) is 8.93. The number of aromatic hydroxyl groups is 1. The van der Waals surface area contributed by atoms with E-state index in [0.717, 1.165) is 0 Å². The number of phenols is 1. The fraction of sp³-hybridized carbons (Fsp3) is 0.333. The molecule has 0 heterocycles. The lowest BCUT2D eigenvalue weighted by atomic mass is 10.3. The summed E-state index contributed by atoms with van der Waals surface area (Å²) < 4.78 is 8.36. The zero-order valence-corrected chi connectivity index (χ0v) is 12.5. The molecule has 0 aliphatic heterocycles. The molecule has 116 valence electrons. The first-order valence-corrected chi connectivity index (χ1v) is 5.52. The normalized spacial score (nSPS) is 7.50. The number of nitrogens with two attached hydrogens (primary N) is 2. The predicted octanol–water partition coefficient (Wildman–Crippen LogP) is 1.71. The molecule has 0 fully saturated rings. The van der Waals surface area contributed by atoms with E-state index < -0.39 is 12.2 Å². The number of hydrogen-bond acceptors (Lipinski definition) is 5. The summed E-state index contributed by atoms with van der Waals surface area (Å²) in [6.45, 7) is 4.11. The molecule has 5 N–H and O–H groups in total. The lowest BCUT2D eigenvalue weighted by Crippen LogP contribution is -2.11. The average Bonchev–Trinajstić information content (AvgIpc) is 2.31. The van der Waals surface area contributed by atoms with Gasteiger partial charge in [0, 0.05) is 0 Å². The van der Waals surface area contributed by atoms with Crippen LogP contribution in [-0.4, -0.2) is 30.5 Å². The summed E-state index contributed by atoms with van der Waals surface area (Å²) in [5.41, 5.74) is 9.08. The second-order valence-electron chi connectivity index (χ2n) is 2.84. The minimum atomic E-state index is -0.711. The highest BCUT2D eigenvalue weighted by Gasteiger charge is 1.82. The summed E-state index contributed by atoms with van der Waals surface area (Å²) in [7, 11) is 0. The molecule has 1 aromatic carbocycles. The van der Waals surface area contributed by atoms with E-state index in [0.29, 0.717) is 19.0 Å². The number of carbonyl (C=O) groups excluding carboxylic acids is 2.